The Morgan fingerprint density at radius 2 is 2.33 bits per heavy atom. The average Bonchev–Trinajstić information content (AvgIpc) is 2.74. The largest absolute Gasteiger partial charge is 0.395 e. The fraction of sp³-hybridized carbons (Fsp3) is 0.750. The second-order valence-corrected chi connectivity index (χ2v) is 4.66. The molecule has 1 aromatic rings. The summed E-state index contributed by atoms with van der Waals surface area (Å²) in [6, 6.07) is 0.248. The predicted octanol–water partition coefficient (Wildman–Crippen LogP) is 0.744. The van der Waals surface area contributed by atoms with Crippen LogP contribution in [0.4, 0.5) is 0 Å². The number of hydrogen-bond donors (Lipinski definition) is 2. The van der Waals surface area contributed by atoms with Gasteiger partial charge in [0.25, 0.3) is 5.91 Å². The number of carbonyl (C=O) groups is 1. The number of aromatic nitrogens is 3. The van der Waals surface area contributed by atoms with Crippen molar-refractivity contribution in [2.45, 2.75) is 45.1 Å². The van der Waals surface area contributed by atoms with Gasteiger partial charge in [0.05, 0.1) is 6.61 Å². The Labute approximate surface area is 106 Å². The molecular weight excluding hydrogens is 232 g/mol. The van der Waals surface area contributed by atoms with Gasteiger partial charge in [-0.3, -0.25) is 9.89 Å². The van der Waals surface area contributed by atoms with Gasteiger partial charge < -0.3 is 10.0 Å². The minimum absolute atomic E-state index is 0.0194. The summed E-state index contributed by atoms with van der Waals surface area (Å²) in [6.45, 7) is 2.39. The summed E-state index contributed by atoms with van der Waals surface area (Å²) < 4.78 is 0. The molecule has 0 radical (unpaired) electrons. The molecule has 1 aliphatic carbocycles. The van der Waals surface area contributed by atoms with Crippen LogP contribution in [0.5, 0.6) is 0 Å². The molecule has 1 amide bonds. The van der Waals surface area contributed by atoms with Crippen molar-refractivity contribution < 1.29 is 9.90 Å². The average molecular weight is 252 g/mol. The highest BCUT2D eigenvalue weighted by Crippen LogP contribution is 2.25. The standard InChI is InChI=1S/C12H20N4O2/c1-2-4-10-13-11(15-14-10)12(18)16(7-8-17)9-5-3-6-9/h9,17H,2-8H2,1H3,(H,13,14,15). The highest BCUT2D eigenvalue weighted by Gasteiger charge is 2.30. The Morgan fingerprint density at radius 1 is 1.56 bits per heavy atom. The zero-order chi connectivity index (χ0) is 13.0. The van der Waals surface area contributed by atoms with E-state index in [9.17, 15) is 4.79 Å². The lowest BCUT2D eigenvalue weighted by Gasteiger charge is -2.36. The number of aromatic amines is 1. The second-order valence-electron chi connectivity index (χ2n) is 4.66. The van der Waals surface area contributed by atoms with Gasteiger partial charge in [-0.1, -0.05) is 6.92 Å². The van der Waals surface area contributed by atoms with Crippen molar-refractivity contribution in [1.29, 1.82) is 0 Å². The van der Waals surface area contributed by atoms with E-state index >= 15 is 0 Å². The lowest BCUT2D eigenvalue weighted by Crippen LogP contribution is -2.46. The molecule has 1 saturated carbocycles. The van der Waals surface area contributed by atoms with Gasteiger partial charge in [-0.05, 0) is 25.7 Å². The number of rotatable bonds is 6. The van der Waals surface area contributed by atoms with Crippen molar-refractivity contribution in [3.63, 3.8) is 0 Å². The number of H-pyrrole nitrogens is 1. The number of aliphatic hydroxyl groups excluding tert-OH is 1. The molecule has 0 bridgehead atoms. The first kappa shape index (κ1) is 13.0. The molecular formula is C12H20N4O2. The SMILES string of the molecule is CCCc1nc(C(=O)N(CCO)C2CCC2)n[nH]1. The third kappa shape index (κ3) is 2.69. The number of nitrogens with zero attached hydrogens (tertiary/aromatic N) is 3. The van der Waals surface area contributed by atoms with E-state index in [-0.39, 0.29) is 24.4 Å². The number of nitrogens with one attached hydrogen (secondary N) is 1. The molecule has 2 rings (SSSR count). The first-order valence-corrected chi connectivity index (χ1v) is 6.59. The molecule has 1 heterocycles. The molecule has 1 aromatic heterocycles. The van der Waals surface area contributed by atoms with Gasteiger partial charge in [-0.2, -0.15) is 0 Å². The van der Waals surface area contributed by atoms with E-state index < -0.39 is 0 Å². The van der Waals surface area contributed by atoms with E-state index in [0.29, 0.717) is 6.54 Å². The molecule has 100 valence electrons. The molecule has 0 unspecified atom stereocenters. The van der Waals surface area contributed by atoms with Crippen molar-refractivity contribution >= 4 is 5.91 Å². The van der Waals surface area contributed by atoms with E-state index in [1.807, 2.05) is 0 Å². The number of hydrogen-bond acceptors (Lipinski definition) is 4. The predicted molar refractivity (Wildman–Crippen MR) is 66.1 cm³/mol. The minimum atomic E-state index is -0.174. The van der Waals surface area contributed by atoms with Crippen LogP contribution in [-0.4, -0.2) is 50.3 Å². The number of amides is 1. The third-order valence-electron chi connectivity index (χ3n) is 3.33. The van der Waals surface area contributed by atoms with Gasteiger partial charge in [0, 0.05) is 19.0 Å². The molecule has 0 aromatic carbocycles. The van der Waals surface area contributed by atoms with Crippen LogP contribution >= 0.6 is 0 Å². The Hall–Kier alpha value is -1.43. The summed E-state index contributed by atoms with van der Waals surface area (Å²) >= 11 is 0. The molecule has 1 fully saturated rings. The smallest absolute Gasteiger partial charge is 0.293 e. The van der Waals surface area contributed by atoms with Crippen LogP contribution < -0.4 is 0 Å². The lowest BCUT2D eigenvalue weighted by molar-refractivity contribution is 0.0514. The summed E-state index contributed by atoms with van der Waals surface area (Å²) in [5.74, 6) is 0.796. The van der Waals surface area contributed by atoms with E-state index in [2.05, 4.69) is 22.1 Å². The molecule has 18 heavy (non-hydrogen) atoms. The van der Waals surface area contributed by atoms with E-state index in [4.69, 9.17) is 5.11 Å². The molecule has 6 heteroatoms. The maximum atomic E-state index is 12.3. The summed E-state index contributed by atoms with van der Waals surface area (Å²) in [4.78, 5) is 18.2. The van der Waals surface area contributed by atoms with Gasteiger partial charge in [-0.15, -0.1) is 5.10 Å². The van der Waals surface area contributed by atoms with Crippen molar-refractivity contribution in [2.75, 3.05) is 13.2 Å². The van der Waals surface area contributed by atoms with Crippen LogP contribution in [-0.2, 0) is 6.42 Å². The highest BCUT2D eigenvalue weighted by molar-refractivity contribution is 5.90. The fourth-order valence-corrected chi connectivity index (χ4v) is 2.12. The monoisotopic (exact) mass is 252 g/mol. The number of carbonyl (C=O) groups excluding carboxylic acids is 1. The van der Waals surface area contributed by atoms with Gasteiger partial charge in [-0.25, -0.2) is 4.98 Å². The fourth-order valence-electron chi connectivity index (χ4n) is 2.12. The van der Waals surface area contributed by atoms with Crippen LogP contribution in [0.3, 0.4) is 0 Å². The number of aliphatic hydroxyl groups is 1. The highest BCUT2D eigenvalue weighted by atomic mass is 16.3. The minimum Gasteiger partial charge on any atom is -0.395 e. The summed E-state index contributed by atoms with van der Waals surface area (Å²) in [5, 5.41) is 15.8. The summed E-state index contributed by atoms with van der Waals surface area (Å²) in [5.41, 5.74) is 0. The molecule has 2 N–H and O–H groups in total. The normalized spacial score (nSPS) is 15.4. The lowest BCUT2D eigenvalue weighted by atomic mass is 9.91. The zero-order valence-electron chi connectivity index (χ0n) is 10.7. The first-order chi connectivity index (χ1) is 8.76. The van der Waals surface area contributed by atoms with Gasteiger partial charge >= 0.3 is 0 Å². The zero-order valence-corrected chi connectivity index (χ0v) is 10.7. The quantitative estimate of drug-likeness (QED) is 0.782. The Kier molecular flexibility index (Phi) is 4.30. The molecule has 1 aliphatic rings. The second kappa shape index (κ2) is 5.95. The van der Waals surface area contributed by atoms with E-state index in [1.54, 1.807) is 4.90 Å². The number of aryl methyl sites for hydroxylation is 1. The van der Waals surface area contributed by atoms with E-state index in [1.165, 1.54) is 0 Å². The molecule has 0 aliphatic heterocycles. The van der Waals surface area contributed by atoms with Crippen LogP contribution in [0.15, 0.2) is 0 Å². The first-order valence-electron chi connectivity index (χ1n) is 6.59. The topological polar surface area (TPSA) is 82.1 Å². The maximum absolute atomic E-state index is 12.3. The van der Waals surface area contributed by atoms with Crippen LogP contribution in [0.2, 0.25) is 0 Å². The van der Waals surface area contributed by atoms with Gasteiger partial charge in [0.1, 0.15) is 5.82 Å². The maximum Gasteiger partial charge on any atom is 0.293 e. The van der Waals surface area contributed by atoms with Gasteiger partial charge in [0.15, 0.2) is 0 Å². The van der Waals surface area contributed by atoms with Gasteiger partial charge in [0.2, 0.25) is 5.82 Å². The van der Waals surface area contributed by atoms with E-state index in [0.717, 1.165) is 37.9 Å². The van der Waals surface area contributed by atoms with Crippen LogP contribution in [0.1, 0.15) is 49.1 Å². The van der Waals surface area contributed by atoms with Crippen molar-refractivity contribution in [2.24, 2.45) is 0 Å². The molecule has 0 saturated heterocycles. The Bertz CT molecular complexity index is 401. The summed E-state index contributed by atoms with van der Waals surface area (Å²) in [6.07, 6.45) is 4.93. The molecule has 0 spiro atoms. The third-order valence-corrected chi connectivity index (χ3v) is 3.33. The molecule has 6 nitrogen and oxygen atoms in total. The molecule has 0 atom stereocenters. The van der Waals surface area contributed by atoms with Crippen LogP contribution in [0, 0.1) is 0 Å². The summed E-state index contributed by atoms with van der Waals surface area (Å²) in [7, 11) is 0. The van der Waals surface area contributed by atoms with Crippen molar-refractivity contribution in [1.82, 2.24) is 20.1 Å². The van der Waals surface area contributed by atoms with Crippen LogP contribution in [0.25, 0.3) is 0 Å². The Balaban J connectivity index is 2.06. The van der Waals surface area contributed by atoms with Crippen molar-refractivity contribution in [3.8, 4) is 0 Å². The van der Waals surface area contributed by atoms with Crippen molar-refractivity contribution in [3.05, 3.63) is 11.6 Å². The Morgan fingerprint density at radius 3 is 2.89 bits per heavy atom.